The van der Waals surface area contributed by atoms with Crippen LogP contribution in [0.2, 0.25) is 0 Å². The van der Waals surface area contributed by atoms with Gasteiger partial charge in [-0.3, -0.25) is 0 Å². The van der Waals surface area contributed by atoms with Crippen LogP contribution in [0.15, 0.2) is 72.8 Å². The molecule has 2 heterocycles. The van der Waals surface area contributed by atoms with Crippen LogP contribution in [0.5, 0.6) is 0 Å². The minimum atomic E-state index is -1.28. The van der Waals surface area contributed by atoms with Crippen molar-refractivity contribution >= 4 is 45.7 Å². The molecular formula is C32H16N2O8. The first-order chi connectivity index (χ1) is 20.1. The molecule has 2 aromatic heterocycles. The predicted octanol–water partition coefficient (Wildman–Crippen LogP) is 4.38. The van der Waals surface area contributed by atoms with Crippen molar-refractivity contribution < 1.29 is 39.6 Å². The first kappa shape index (κ1) is 27.1. The third-order valence-corrected chi connectivity index (χ3v) is 6.04. The van der Waals surface area contributed by atoms with E-state index in [2.05, 4.69) is 33.6 Å². The molecule has 0 aliphatic carbocycles. The average Bonchev–Trinajstić information content (AvgIpc) is 2.98. The molecule has 0 radical (unpaired) electrons. The predicted molar refractivity (Wildman–Crippen MR) is 150 cm³/mol. The molecule has 0 atom stereocenters. The van der Waals surface area contributed by atoms with E-state index in [1.807, 2.05) is 12.1 Å². The smallest absolute Gasteiger partial charge is 0.335 e. The lowest BCUT2D eigenvalue weighted by atomic mass is 10.1. The Balaban J connectivity index is 1.56. The SMILES string of the molecule is O=C(O)c1cc(C#Cc2ccc3ccc4ccc(C#Cc5cc(C(=O)O)cc(C(=O)O)c5)nc4c3n2)cc(C(=O)O)c1. The molecule has 5 aromatic rings. The number of benzene rings is 3. The highest BCUT2D eigenvalue weighted by molar-refractivity contribution is 6.03. The number of nitrogens with zero attached hydrogens (tertiary/aromatic N) is 2. The van der Waals surface area contributed by atoms with Crippen LogP contribution in [-0.4, -0.2) is 54.3 Å². The molecule has 0 aliphatic rings. The van der Waals surface area contributed by atoms with E-state index in [0.717, 1.165) is 22.9 Å². The fourth-order valence-corrected chi connectivity index (χ4v) is 4.07. The Morgan fingerprint density at radius 3 is 1.07 bits per heavy atom. The first-order valence-electron chi connectivity index (χ1n) is 12.1. The fourth-order valence-electron chi connectivity index (χ4n) is 4.07. The van der Waals surface area contributed by atoms with Crippen LogP contribution in [-0.2, 0) is 0 Å². The number of carboxylic acid groups (broad SMARTS) is 4. The van der Waals surface area contributed by atoms with E-state index in [9.17, 15) is 39.6 Å². The topological polar surface area (TPSA) is 175 Å². The third-order valence-electron chi connectivity index (χ3n) is 6.04. The summed E-state index contributed by atoms with van der Waals surface area (Å²) in [6, 6.07) is 17.8. The summed E-state index contributed by atoms with van der Waals surface area (Å²) in [5.41, 5.74) is 1.25. The van der Waals surface area contributed by atoms with Crippen molar-refractivity contribution in [1.82, 2.24) is 9.97 Å². The van der Waals surface area contributed by atoms with E-state index in [1.54, 1.807) is 24.3 Å². The molecule has 0 unspecified atom stereocenters. The van der Waals surface area contributed by atoms with Gasteiger partial charge >= 0.3 is 23.9 Å². The van der Waals surface area contributed by atoms with Crippen molar-refractivity contribution in [2.24, 2.45) is 0 Å². The Labute approximate surface area is 236 Å². The Hall–Kier alpha value is -6.52. The minimum absolute atomic E-state index is 0.195. The lowest BCUT2D eigenvalue weighted by Gasteiger charge is -2.04. The Morgan fingerprint density at radius 2 is 0.762 bits per heavy atom. The Bertz CT molecular complexity index is 1910. The monoisotopic (exact) mass is 556 g/mol. The van der Waals surface area contributed by atoms with Gasteiger partial charge in [0.05, 0.1) is 33.3 Å². The average molecular weight is 556 g/mol. The number of hydrogen-bond acceptors (Lipinski definition) is 6. The zero-order chi connectivity index (χ0) is 30.0. The first-order valence-corrected chi connectivity index (χ1v) is 12.1. The van der Waals surface area contributed by atoms with Gasteiger partial charge in [0.15, 0.2) is 0 Å². The standard InChI is InChI=1S/C32H16N2O8/c35-29(36)21-11-17(12-22(15-21)30(37)38)1-7-25-9-5-19-3-4-20-6-10-26(34-28(20)27(19)33-25)8-2-18-13-23(31(39)40)16-24(14-18)32(41)42/h3-6,9-16H,(H,35,36)(H,37,38)(H,39,40)(H,41,42). The number of aromatic carboxylic acids is 4. The highest BCUT2D eigenvalue weighted by Crippen LogP contribution is 2.23. The van der Waals surface area contributed by atoms with Gasteiger partial charge in [0, 0.05) is 21.9 Å². The molecule has 0 aliphatic heterocycles. The molecule has 42 heavy (non-hydrogen) atoms. The van der Waals surface area contributed by atoms with Crippen LogP contribution in [0, 0.1) is 23.7 Å². The fraction of sp³-hybridized carbons (Fsp3) is 0. The van der Waals surface area contributed by atoms with Gasteiger partial charge in [0.1, 0.15) is 11.4 Å². The molecule has 10 nitrogen and oxygen atoms in total. The summed E-state index contributed by atoms with van der Waals surface area (Å²) in [7, 11) is 0. The van der Waals surface area contributed by atoms with Crippen LogP contribution in [0.3, 0.4) is 0 Å². The molecule has 0 spiro atoms. The molecule has 10 heteroatoms. The van der Waals surface area contributed by atoms with Gasteiger partial charge in [0.2, 0.25) is 0 Å². The van der Waals surface area contributed by atoms with Gasteiger partial charge in [-0.05, 0) is 72.5 Å². The van der Waals surface area contributed by atoms with Gasteiger partial charge in [-0.2, -0.15) is 0 Å². The van der Waals surface area contributed by atoms with Crippen molar-refractivity contribution in [2.45, 2.75) is 0 Å². The summed E-state index contributed by atoms with van der Waals surface area (Å²) in [5.74, 6) is 6.11. The Morgan fingerprint density at radius 1 is 0.452 bits per heavy atom. The molecule has 5 rings (SSSR count). The molecule has 0 amide bonds. The molecule has 0 saturated heterocycles. The van der Waals surface area contributed by atoms with Gasteiger partial charge in [-0.1, -0.05) is 24.0 Å². The van der Waals surface area contributed by atoms with Crippen LogP contribution in [0.4, 0.5) is 0 Å². The number of carboxylic acids is 4. The molecule has 0 saturated carbocycles. The summed E-state index contributed by atoms with van der Waals surface area (Å²) < 4.78 is 0. The molecule has 0 bridgehead atoms. The largest absolute Gasteiger partial charge is 0.478 e. The molecule has 0 fully saturated rings. The van der Waals surface area contributed by atoms with Crippen LogP contribution in [0.1, 0.15) is 63.9 Å². The lowest BCUT2D eigenvalue weighted by molar-refractivity contribution is 0.0676. The van der Waals surface area contributed by atoms with E-state index in [4.69, 9.17) is 0 Å². The molecule has 4 N–H and O–H groups in total. The number of hydrogen-bond donors (Lipinski definition) is 4. The van der Waals surface area contributed by atoms with Crippen molar-refractivity contribution in [3.63, 3.8) is 0 Å². The summed E-state index contributed by atoms with van der Waals surface area (Å²) in [6.45, 7) is 0. The number of fused-ring (bicyclic) bond motifs is 3. The van der Waals surface area contributed by atoms with Crippen molar-refractivity contribution in [3.8, 4) is 23.7 Å². The normalized spacial score (nSPS) is 10.3. The second-order valence-electron chi connectivity index (χ2n) is 8.92. The zero-order valence-electron chi connectivity index (χ0n) is 21.2. The van der Waals surface area contributed by atoms with E-state index >= 15 is 0 Å². The molecule has 202 valence electrons. The van der Waals surface area contributed by atoms with Gasteiger partial charge in [-0.25, -0.2) is 29.1 Å². The van der Waals surface area contributed by atoms with Crippen LogP contribution < -0.4 is 0 Å². The minimum Gasteiger partial charge on any atom is -0.478 e. The maximum Gasteiger partial charge on any atom is 0.335 e. The van der Waals surface area contributed by atoms with Crippen LogP contribution >= 0.6 is 0 Å². The quantitative estimate of drug-likeness (QED) is 0.184. The van der Waals surface area contributed by atoms with Gasteiger partial charge in [0.25, 0.3) is 0 Å². The summed E-state index contributed by atoms with van der Waals surface area (Å²) in [6.07, 6.45) is 0. The summed E-state index contributed by atoms with van der Waals surface area (Å²) in [5, 5.41) is 38.7. The molecule has 3 aromatic carbocycles. The number of pyridine rings is 2. The number of aromatic nitrogens is 2. The van der Waals surface area contributed by atoms with Crippen LogP contribution in [0.25, 0.3) is 21.8 Å². The lowest BCUT2D eigenvalue weighted by Crippen LogP contribution is -2.03. The van der Waals surface area contributed by atoms with Crippen molar-refractivity contribution in [1.29, 1.82) is 0 Å². The highest BCUT2D eigenvalue weighted by atomic mass is 16.4. The maximum absolute atomic E-state index is 11.4. The summed E-state index contributed by atoms with van der Waals surface area (Å²) in [4.78, 5) is 54.8. The second-order valence-corrected chi connectivity index (χ2v) is 8.92. The molecular weight excluding hydrogens is 540 g/mol. The maximum atomic E-state index is 11.4. The van der Waals surface area contributed by atoms with E-state index < -0.39 is 23.9 Å². The van der Waals surface area contributed by atoms with Gasteiger partial charge in [-0.15, -0.1) is 0 Å². The van der Waals surface area contributed by atoms with E-state index in [1.165, 1.54) is 24.3 Å². The number of carbonyl (C=O) groups is 4. The summed E-state index contributed by atoms with van der Waals surface area (Å²) >= 11 is 0. The highest BCUT2D eigenvalue weighted by Gasteiger charge is 2.12. The number of rotatable bonds is 4. The van der Waals surface area contributed by atoms with Crippen molar-refractivity contribution in [2.75, 3.05) is 0 Å². The zero-order valence-corrected chi connectivity index (χ0v) is 21.2. The van der Waals surface area contributed by atoms with Crippen molar-refractivity contribution in [3.05, 3.63) is 118 Å². The second kappa shape index (κ2) is 10.9. The van der Waals surface area contributed by atoms with E-state index in [0.29, 0.717) is 22.4 Å². The Kier molecular flexibility index (Phi) is 7.04. The van der Waals surface area contributed by atoms with Gasteiger partial charge < -0.3 is 20.4 Å². The third kappa shape index (κ3) is 5.73. The van der Waals surface area contributed by atoms with E-state index in [-0.39, 0.29) is 33.4 Å².